The second-order valence-corrected chi connectivity index (χ2v) is 7.03. The van der Waals surface area contributed by atoms with Crippen molar-refractivity contribution in [2.75, 3.05) is 19.7 Å². The number of nitrogens with zero attached hydrogens (tertiary/aromatic N) is 2. The Morgan fingerprint density at radius 3 is 2.73 bits per heavy atom. The van der Waals surface area contributed by atoms with Gasteiger partial charge in [-0.25, -0.2) is 0 Å². The maximum Gasteiger partial charge on any atom is 0.258 e. The Morgan fingerprint density at radius 1 is 1.31 bits per heavy atom. The number of hydrogen-bond donors (Lipinski definition) is 1. The van der Waals surface area contributed by atoms with Crippen molar-refractivity contribution in [3.8, 4) is 5.75 Å². The molecule has 0 spiro atoms. The van der Waals surface area contributed by atoms with E-state index in [1.165, 1.54) is 5.56 Å². The monoisotopic (exact) mass is 357 g/mol. The zero-order valence-electron chi connectivity index (χ0n) is 15.7. The van der Waals surface area contributed by atoms with E-state index in [1.807, 2.05) is 45.0 Å². The molecule has 0 saturated carbocycles. The summed E-state index contributed by atoms with van der Waals surface area (Å²) in [7, 11) is 0. The molecule has 6 heteroatoms. The van der Waals surface area contributed by atoms with E-state index >= 15 is 0 Å². The second kappa shape index (κ2) is 8.36. The molecule has 1 aromatic heterocycles. The molecule has 0 atom stereocenters. The average Bonchev–Trinajstić information content (AvgIpc) is 2.94. The van der Waals surface area contributed by atoms with Gasteiger partial charge >= 0.3 is 0 Å². The van der Waals surface area contributed by atoms with Gasteiger partial charge in [-0.2, -0.15) is 0 Å². The first-order chi connectivity index (χ1) is 12.5. The van der Waals surface area contributed by atoms with Crippen molar-refractivity contribution in [3.05, 3.63) is 46.8 Å². The highest BCUT2D eigenvalue weighted by atomic mass is 16.5. The summed E-state index contributed by atoms with van der Waals surface area (Å²) in [6.45, 7) is 8.76. The molecule has 0 radical (unpaired) electrons. The normalized spacial score (nSPS) is 15.8. The molecule has 0 unspecified atom stereocenters. The first kappa shape index (κ1) is 18.5. The number of rotatable bonds is 6. The molecule has 1 fully saturated rings. The highest BCUT2D eigenvalue weighted by Crippen LogP contribution is 2.18. The quantitative estimate of drug-likeness (QED) is 0.861. The number of nitrogens with one attached hydrogen (secondary N) is 1. The van der Waals surface area contributed by atoms with Crippen LogP contribution in [-0.4, -0.2) is 41.7 Å². The number of aromatic nitrogens is 1. The Kier molecular flexibility index (Phi) is 5.93. The first-order valence-corrected chi connectivity index (χ1v) is 9.14. The number of likely N-dealkylation sites (tertiary alicyclic amines) is 1. The Labute approximate surface area is 154 Å². The average molecular weight is 357 g/mol. The summed E-state index contributed by atoms with van der Waals surface area (Å²) in [6.07, 6.45) is 1.89. The van der Waals surface area contributed by atoms with Crippen LogP contribution in [0, 0.1) is 20.8 Å². The van der Waals surface area contributed by atoms with Gasteiger partial charge in [0.1, 0.15) is 11.5 Å². The molecule has 0 aliphatic carbocycles. The third kappa shape index (κ3) is 4.85. The Hall–Kier alpha value is -2.34. The van der Waals surface area contributed by atoms with Crippen LogP contribution >= 0.6 is 0 Å². The summed E-state index contributed by atoms with van der Waals surface area (Å²) < 4.78 is 10.8. The molecule has 1 aliphatic heterocycles. The van der Waals surface area contributed by atoms with E-state index in [0.717, 1.165) is 55.2 Å². The van der Waals surface area contributed by atoms with Crippen LogP contribution in [0.3, 0.4) is 0 Å². The summed E-state index contributed by atoms with van der Waals surface area (Å²) >= 11 is 0. The highest BCUT2D eigenvalue weighted by molar-refractivity contribution is 5.77. The lowest BCUT2D eigenvalue weighted by molar-refractivity contribution is -0.124. The second-order valence-electron chi connectivity index (χ2n) is 7.03. The molecule has 6 nitrogen and oxygen atoms in total. The van der Waals surface area contributed by atoms with E-state index in [4.69, 9.17) is 9.26 Å². The molecule has 1 aromatic carbocycles. The van der Waals surface area contributed by atoms with E-state index in [1.54, 1.807) is 0 Å². The minimum Gasteiger partial charge on any atom is -0.484 e. The molecule has 1 amide bonds. The fourth-order valence-corrected chi connectivity index (χ4v) is 3.31. The minimum absolute atomic E-state index is 0.0583. The zero-order valence-corrected chi connectivity index (χ0v) is 15.7. The van der Waals surface area contributed by atoms with Crippen molar-refractivity contribution in [1.29, 1.82) is 0 Å². The topological polar surface area (TPSA) is 67.6 Å². The zero-order chi connectivity index (χ0) is 18.5. The first-order valence-electron chi connectivity index (χ1n) is 9.14. The number of amides is 1. The maximum absolute atomic E-state index is 12.1. The third-order valence-corrected chi connectivity index (χ3v) is 4.88. The van der Waals surface area contributed by atoms with E-state index in [2.05, 4.69) is 15.4 Å². The van der Waals surface area contributed by atoms with Crippen LogP contribution in [0.25, 0.3) is 0 Å². The molecular formula is C20H27N3O3. The summed E-state index contributed by atoms with van der Waals surface area (Å²) in [6, 6.07) is 7.94. The number of carbonyl (C=O) groups is 1. The van der Waals surface area contributed by atoms with Crippen molar-refractivity contribution in [3.63, 3.8) is 0 Å². The van der Waals surface area contributed by atoms with Crippen LogP contribution in [0.2, 0.25) is 0 Å². The van der Waals surface area contributed by atoms with Crippen molar-refractivity contribution >= 4 is 5.91 Å². The Balaban J connectivity index is 1.40. The van der Waals surface area contributed by atoms with Gasteiger partial charge in [-0.05, 0) is 51.3 Å². The van der Waals surface area contributed by atoms with Gasteiger partial charge in [0.15, 0.2) is 6.61 Å². The third-order valence-electron chi connectivity index (χ3n) is 4.88. The fraction of sp³-hybridized carbons (Fsp3) is 0.500. The van der Waals surface area contributed by atoms with E-state index in [0.29, 0.717) is 0 Å². The van der Waals surface area contributed by atoms with E-state index < -0.39 is 0 Å². The molecule has 1 aliphatic rings. The van der Waals surface area contributed by atoms with Crippen LogP contribution < -0.4 is 10.1 Å². The SMILES string of the molecule is Cc1cccc(OCC(=O)NC2CCN(Cc3c(C)noc3C)CC2)c1. The molecule has 140 valence electrons. The lowest BCUT2D eigenvalue weighted by Gasteiger charge is -2.32. The summed E-state index contributed by atoms with van der Waals surface area (Å²) in [4.78, 5) is 14.5. The van der Waals surface area contributed by atoms with Crippen LogP contribution in [0.4, 0.5) is 0 Å². The van der Waals surface area contributed by atoms with Gasteiger partial charge < -0.3 is 14.6 Å². The van der Waals surface area contributed by atoms with Gasteiger partial charge in [0.05, 0.1) is 5.69 Å². The van der Waals surface area contributed by atoms with Crippen molar-refractivity contribution in [2.24, 2.45) is 0 Å². The van der Waals surface area contributed by atoms with Gasteiger partial charge in [-0.3, -0.25) is 9.69 Å². The van der Waals surface area contributed by atoms with Crippen molar-refractivity contribution < 1.29 is 14.1 Å². The molecular weight excluding hydrogens is 330 g/mol. The van der Waals surface area contributed by atoms with Crippen molar-refractivity contribution in [1.82, 2.24) is 15.4 Å². The van der Waals surface area contributed by atoms with Crippen molar-refractivity contribution in [2.45, 2.75) is 46.2 Å². The largest absolute Gasteiger partial charge is 0.484 e. The number of benzene rings is 1. The molecule has 26 heavy (non-hydrogen) atoms. The van der Waals surface area contributed by atoms with E-state index in [9.17, 15) is 4.79 Å². The predicted molar refractivity (Wildman–Crippen MR) is 99.1 cm³/mol. The molecule has 0 bridgehead atoms. The molecule has 3 rings (SSSR count). The fourth-order valence-electron chi connectivity index (χ4n) is 3.31. The van der Waals surface area contributed by atoms with Gasteiger partial charge in [0, 0.05) is 31.2 Å². The Bertz CT molecular complexity index is 729. The van der Waals surface area contributed by atoms with Gasteiger partial charge in [0.25, 0.3) is 5.91 Å². The van der Waals surface area contributed by atoms with Crippen LogP contribution in [0.5, 0.6) is 5.75 Å². The van der Waals surface area contributed by atoms with Gasteiger partial charge in [0.2, 0.25) is 0 Å². The lowest BCUT2D eigenvalue weighted by Crippen LogP contribution is -2.45. The number of ether oxygens (including phenoxy) is 1. The summed E-state index contributed by atoms with van der Waals surface area (Å²) in [5.41, 5.74) is 3.26. The summed E-state index contributed by atoms with van der Waals surface area (Å²) in [5.74, 6) is 1.57. The molecule has 1 N–H and O–H groups in total. The van der Waals surface area contributed by atoms with Gasteiger partial charge in [-0.1, -0.05) is 17.3 Å². The smallest absolute Gasteiger partial charge is 0.258 e. The standard InChI is InChI=1S/C20H27N3O3/c1-14-5-4-6-18(11-14)25-13-20(24)21-17-7-9-23(10-8-17)12-19-15(2)22-26-16(19)3/h4-6,11,17H,7-10,12-13H2,1-3H3,(H,21,24). The van der Waals surface area contributed by atoms with Gasteiger partial charge in [-0.15, -0.1) is 0 Å². The van der Waals surface area contributed by atoms with Crippen LogP contribution in [0.1, 0.15) is 35.4 Å². The number of hydrogen-bond acceptors (Lipinski definition) is 5. The lowest BCUT2D eigenvalue weighted by atomic mass is 10.0. The molecule has 2 aromatic rings. The van der Waals surface area contributed by atoms with Crippen LogP contribution in [-0.2, 0) is 11.3 Å². The maximum atomic E-state index is 12.1. The Morgan fingerprint density at radius 2 is 2.08 bits per heavy atom. The number of aryl methyl sites for hydroxylation is 3. The minimum atomic E-state index is -0.0596. The highest BCUT2D eigenvalue weighted by Gasteiger charge is 2.22. The molecule has 2 heterocycles. The van der Waals surface area contributed by atoms with Crippen LogP contribution in [0.15, 0.2) is 28.8 Å². The predicted octanol–water partition coefficient (Wildman–Crippen LogP) is 2.76. The number of carbonyl (C=O) groups excluding carboxylic acids is 1. The summed E-state index contributed by atoms with van der Waals surface area (Å²) in [5, 5.41) is 7.10. The molecule has 1 saturated heterocycles. The van der Waals surface area contributed by atoms with E-state index in [-0.39, 0.29) is 18.6 Å². The number of piperidine rings is 1.